The molecule has 0 radical (unpaired) electrons. The molecule has 0 saturated carbocycles. The van der Waals surface area contributed by atoms with Gasteiger partial charge in [-0.15, -0.1) is 0 Å². The molecule has 35 heteroatoms. The van der Waals surface area contributed by atoms with Crippen LogP contribution in [0.3, 0.4) is 0 Å². The van der Waals surface area contributed by atoms with Gasteiger partial charge in [0, 0.05) is 133 Å². The van der Waals surface area contributed by atoms with Gasteiger partial charge < -0.3 is 101 Å². The van der Waals surface area contributed by atoms with Gasteiger partial charge in [-0.05, 0) is 119 Å². The number of esters is 12. The number of nitrogens with zero attached hydrogens (tertiary/aromatic N) is 2. The lowest BCUT2D eigenvalue weighted by molar-refractivity contribution is -0.288. The number of H-pyrrole nitrogens is 2. The Morgan fingerprint density at radius 2 is 0.488 bits per heavy atom. The molecule has 0 unspecified atom stereocenters. The predicted molar refractivity (Wildman–Crippen MR) is 423 cm³/mol. The first-order valence-electron chi connectivity index (χ1n) is 38.0. The van der Waals surface area contributed by atoms with Crippen molar-refractivity contribution in [2.24, 2.45) is 0 Å². The fourth-order valence-electron chi connectivity index (χ4n) is 14.4. The molecule has 3 aromatic heterocycles. The number of ether oxygens (including phenoxy) is 18. The van der Waals surface area contributed by atoms with Gasteiger partial charge in [0.2, 0.25) is 37.2 Å². The van der Waals surface area contributed by atoms with Crippen LogP contribution in [0, 0.1) is 0 Å². The molecule has 3 fully saturated rings. The minimum absolute atomic E-state index is 0.104. The average molecular weight is 1670 g/mol. The van der Waals surface area contributed by atoms with Crippen LogP contribution < -0.4 is 19.9 Å². The Bertz CT molecular complexity index is 5250. The molecule has 35 nitrogen and oxygen atoms in total. The van der Waals surface area contributed by atoms with E-state index in [2.05, 4.69) is 9.97 Å². The number of hydrogen-bond donors (Lipinski definition) is 3. The summed E-state index contributed by atoms with van der Waals surface area (Å²) in [7, 11) is 0. The third-order valence-electron chi connectivity index (χ3n) is 19.0. The Labute approximate surface area is 690 Å². The quantitative estimate of drug-likeness (QED) is 0.0272. The van der Waals surface area contributed by atoms with Crippen LogP contribution in [0.15, 0.2) is 121 Å². The molecule has 4 N–H and O–H groups in total. The van der Waals surface area contributed by atoms with Crippen molar-refractivity contribution in [1.82, 2.24) is 19.9 Å². The number of carbonyl (C=O) groups is 12. The van der Waals surface area contributed by atoms with Gasteiger partial charge in [-0.3, -0.25) is 57.5 Å². The summed E-state index contributed by atoms with van der Waals surface area (Å²) in [5.41, 5.74) is 15.2. The molecule has 0 spiro atoms. The third-order valence-corrected chi connectivity index (χ3v) is 19.0. The van der Waals surface area contributed by atoms with Crippen molar-refractivity contribution in [2.75, 3.05) is 25.6 Å². The predicted octanol–water partition coefficient (Wildman–Crippen LogP) is 9.29. The second-order valence-electron chi connectivity index (χ2n) is 28.3. The van der Waals surface area contributed by atoms with Crippen LogP contribution in [-0.4, -0.2) is 204 Å². The molecule has 0 amide bonds. The first kappa shape index (κ1) is 86.5. The summed E-state index contributed by atoms with van der Waals surface area (Å²) in [6.45, 7) is 11.8. The minimum atomic E-state index is -1.61. The average Bonchev–Trinajstić information content (AvgIpc) is 1.65. The fourth-order valence-corrected chi connectivity index (χ4v) is 14.4. The topological polar surface area (TPSA) is 454 Å². The van der Waals surface area contributed by atoms with Crippen LogP contribution in [0.5, 0.6) is 17.2 Å². The van der Waals surface area contributed by atoms with Gasteiger partial charge in [0.05, 0.1) is 22.8 Å². The summed E-state index contributed by atoms with van der Waals surface area (Å²) in [4.78, 5) is 169. The standard InChI is InChI=1S/C86H85N5O30/c1-40(92)104-37-68-75(107-43(4)95)78(110-46(7)98)81(113-49(10)101)84(119-68)116-57-23-15-53(16-24-57)72-62-31-29-60(88-62)71(52-13-21-56(87)22-14-52)61-30-32-63(89-61)73(54-17-25-58(26-18-54)117-85-82(114-50(11)102)79(111-47(8)99)76(108-44(5)96)69(120-85)38-105-41(2)93)65-34-36-67(91-65)74(66-35-33-64(72)90-66)55-19-27-59(28-20-55)118-86-83(115-51(12)103)80(112-48(9)100)77(109-45(6)97)70(121-86)39-106-42(3)94/h13-36,68-70,75-86,88,91H,37-39,87H2,1-12H3/t68-,69-,70-,75-,76-,77-,78+,79+,80+,81-,82-,83-,84-,85-,86-/m1/s1. The molecular weight excluding hydrogens is 1580 g/mol. The number of nitrogens with one attached hydrogen (secondary N) is 2. The van der Waals surface area contributed by atoms with Gasteiger partial charge >= 0.3 is 71.6 Å². The van der Waals surface area contributed by atoms with Crippen molar-refractivity contribution in [3.63, 3.8) is 0 Å². The van der Waals surface area contributed by atoms with Crippen molar-refractivity contribution >= 4 is 124 Å². The van der Waals surface area contributed by atoms with E-state index < -0.39 is 184 Å². The largest absolute Gasteiger partial charge is 0.463 e. The van der Waals surface area contributed by atoms with Crippen molar-refractivity contribution in [2.45, 2.75) is 175 Å². The molecule has 4 aromatic carbocycles. The van der Waals surface area contributed by atoms with Crippen molar-refractivity contribution in [3.8, 4) is 61.8 Å². The van der Waals surface area contributed by atoms with Gasteiger partial charge in [0.25, 0.3) is 0 Å². The number of fused-ring (bicyclic) bond motifs is 8. The molecule has 121 heavy (non-hydrogen) atoms. The van der Waals surface area contributed by atoms with Crippen LogP contribution in [0.1, 0.15) is 106 Å². The smallest absolute Gasteiger partial charge is 0.303 e. The maximum absolute atomic E-state index is 12.9. The van der Waals surface area contributed by atoms with E-state index in [9.17, 15) is 57.5 Å². The number of nitrogens with two attached hydrogens (primary N) is 1. The molecule has 15 atom stereocenters. The SMILES string of the molecule is CC(=O)OC[C@H]1O[C@@H](Oc2ccc(-c3c4nc(c(-c5ccc(O[C@@H]6O[C@H](COC(C)=O)[C@@H](OC(C)=O)[C@H](OC(C)=O)[C@H]6OC(C)=O)cc5)c5ccc([nH]5)c(-c5ccc(O[C@@H]6O[C@H](COC(C)=O)[C@@H](OC(C)=O)[C@H](OC(C)=O)[C@H]6OC(C)=O)cc5)c5nc(c(-c6ccc(N)cc6)c6ccc3[nH]6)C=C5)C=C4)cc2)[C@H](OC(C)=O)[C@@H](OC(C)=O)[C@@H]1OC(C)=O. The van der Waals surface area contributed by atoms with E-state index in [0.29, 0.717) is 95.0 Å². The molecule has 5 aliphatic rings. The minimum Gasteiger partial charge on any atom is -0.463 e. The van der Waals surface area contributed by atoms with Gasteiger partial charge in [0.1, 0.15) is 55.4 Å². The van der Waals surface area contributed by atoms with Crippen molar-refractivity contribution in [3.05, 3.63) is 144 Å². The summed E-state index contributed by atoms with van der Waals surface area (Å²) in [5, 5.41) is 0. The number of nitrogen functional groups attached to an aromatic ring is 1. The second-order valence-corrected chi connectivity index (χ2v) is 28.3. The van der Waals surface area contributed by atoms with Crippen LogP contribution in [0.4, 0.5) is 5.69 Å². The van der Waals surface area contributed by atoms with E-state index in [4.69, 9.17) is 101 Å². The number of anilines is 1. The summed E-state index contributed by atoms with van der Waals surface area (Å²) >= 11 is 0. The number of carbonyl (C=O) groups excluding carboxylic acids is 12. The number of benzene rings is 4. The van der Waals surface area contributed by atoms with E-state index in [0.717, 1.165) is 83.1 Å². The van der Waals surface area contributed by atoms with Gasteiger partial charge in [0.15, 0.2) is 36.6 Å². The van der Waals surface area contributed by atoms with Gasteiger partial charge in [-0.25, -0.2) is 9.97 Å². The second kappa shape index (κ2) is 37.9. The highest BCUT2D eigenvalue weighted by Gasteiger charge is 2.57. The normalized spacial score (nSPS) is 22.7. The number of rotatable bonds is 25. The van der Waals surface area contributed by atoms with Gasteiger partial charge in [-0.1, -0.05) is 48.5 Å². The van der Waals surface area contributed by atoms with E-state index in [-0.39, 0.29) is 17.2 Å². The summed E-state index contributed by atoms with van der Waals surface area (Å²) in [6, 6.07) is 34.6. The first-order valence-corrected chi connectivity index (χ1v) is 38.0. The third kappa shape index (κ3) is 21.2. The van der Waals surface area contributed by atoms with Crippen LogP contribution in [0.25, 0.3) is 90.9 Å². The number of aromatic amines is 2. The molecule has 12 rings (SSSR count). The summed E-state index contributed by atoms with van der Waals surface area (Å²) in [5.74, 6) is -9.32. The Morgan fingerprint density at radius 1 is 0.281 bits per heavy atom. The Kier molecular flexibility index (Phi) is 27.1. The van der Waals surface area contributed by atoms with Crippen LogP contribution >= 0.6 is 0 Å². The van der Waals surface area contributed by atoms with Crippen molar-refractivity contribution in [1.29, 1.82) is 0 Å². The lowest BCUT2D eigenvalue weighted by atomic mass is 9.98. The summed E-state index contributed by atoms with van der Waals surface area (Å²) < 4.78 is 105. The zero-order chi connectivity index (χ0) is 86.8. The van der Waals surface area contributed by atoms with E-state index in [1.165, 1.54) is 0 Å². The highest BCUT2D eigenvalue weighted by atomic mass is 16.8. The molecule has 5 aliphatic heterocycles. The zero-order valence-electron chi connectivity index (χ0n) is 67.4. The Hall–Kier alpha value is -13.8. The lowest BCUT2D eigenvalue weighted by Crippen LogP contribution is -2.63. The zero-order valence-corrected chi connectivity index (χ0v) is 67.4. The molecule has 3 saturated heterocycles. The van der Waals surface area contributed by atoms with E-state index in [1.807, 2.05) is 60.7 Å². The van der Waals surface area contributed by atoms with Crippen molar-refractivity contribution < 1.29 is 143 Å². The molecule has 634 valence electrons. The molecular formula is C86H85N5O30. The first-order chi connectivity index (χ1) is 57.7. The number of aromatic nitrogens is 4. The van der Waals surface area contributed by atoms with Crippen LogP contribution in [-0.2, 0) is 129 Å². The lowest BCUT2D eigenvalue weighted by Gasteiger charge is -2.43. The summed E-state index contributed by atoms with van der Waals surface area (Å²) in [6.07, 6.45) is -15.1. The van der Waals surface area contributed by atoms with Gasteiger partial charge in [-0.2, -0.15) is 0 Å². The highest BCUT2D eigenvalue weighted by Crippen LogP contribution is 2.43. The Morgan fingerprint density at radius 3 is 0.702 bits per heavy atom. The Balaban J connectivity index is 1.03. The maximum atomic E-state index is 12.9. The molecule has 7 aromatic rings. The van der Waals surface area contributed by atoms with Crippen LogP contribution in [0.2, 0.25) is 0 Å². The highest BCUT2D eigenvalue weighted by molar-refractivity contribution is 6.00. The van der Waals surface area contributed by atoms with E-state index >= 15 is 0 Å². The number of hydrogen-bond acceptors (Lipinski definition) is 33. The monoisotopic (exact) mass is 1670 g/mol. The molecule has 8 heterocycles. The molecule has 0 aliphatic carbocycles. The fraction of sp³-hybridized carbons (Fsp3) is 0.349. The van der Waals surface area contributed by atoms with E-state index in [1.54, 1.807) is 84.9 Å². The maximum Gasteiger partial charge on any atom is 0.303 e. The molecule has 8 bridgehead atoms.